The third-order valence-electron chi connectivity index (χ3n) is 6.36. The minimum Gasteiger partial charge on any atom is -0.348 e. The molecule has 1 aromatic rings. The lowest BCUT2D eigenvalue weighted by Crippen LogP contribution is -2.03. The van der Waals surface area contributed by atoms with Crippen LogP contribution in [0.4, 0.5) is 0 Å². The Bertz CT molecular complexity index is 1040. The topological polar surface area (TPSA) is 22.0 Å². The van der Waals surface area contributed by atoms with Crippen molar-refractivity contribution >= 4 is 5.78 Å². The summed E-state index contributed by atoms with van der Waals surface area (Å²) in [7, 11) is 0. The second-order valence-corrected chi connectivity index (χ2v) is 8.83. The second kappa shape index (κ2) is 8.18. The molecule has 29 heavy (non-hydrogen) atoms. The fourth-order valence-corrected chi connectivity index (χ4v) is 4.69. The highest BCUT2D eigenvalue weighted by Crippen LogP contribution is 2.45. The van der Waals surface area contributed by atoms with Gasteiger partial charge in [-0.3, -0.25) is 4.79 Å². The van der Waals surface area contributed by atoms with Crippen molar-refractivity contribution in [3.8, 4) is 22.3 Å². The van der Waals surface area contributed by atoms with Gasteiger partial charge in [-0.05, 0) is 80.3 Å². The minimum atomic E-state index is 0.156. The maximum atomic E-state index is 12.7. The highest BCUT2D eigenvalue weighted by Gasteiger charge is 2.26. The summed E-state index contributed by atoms with van der Waals surface area (Å²) in [5, 5.41) is 0. The predicted octanol–water partition coefficient (Wildman–Crippen LogP) is 7.62. The van der Waals surface area contributed by atoms with Crippen LogP contribution in [0.2, 0.25) is 0 Å². The van der Waals surface area contributed by atoms with Gasteiger partial charge in [0.1, 0.15) is 0 Å². The molecule has 1 aromatic heterocycles. The van der Waals surface area contributed by atoms with Crippen LogP contribution in [0.5, 0.6) is 0 Å². The Labute approximate surface area is 176 Å². The Morgan fingerprint density at radius 2 is 1.62 bits per heavy atom. The SMILES string of the molecule is CCCCn1c(C)c(C(C)=O)c(-c2cc(C)c3cc(C(C)C)ccc(C)c2-3)c1C. The normalized spacial score (nSPS) is 11.6. The quantitative estimate of drug-likeness (QED) is 0.397. The predicted molar refractivity (Wildman–Crippen MR) is 124 cm³/mol. The number of unbranched alkanes of at least 4 members (excludes halogenated alkanes) is 1. The van der Waals surface area contributed by atoms with Crippen LogP contribution in [0, 0.1) is 27.7 Å². The van der Waals surface area contributed by atoms with E-state index >= 15 is 0 Å². The molecule has 2 heteroatoms. The van der Waals surface area contributed by atoms with Crippen molar-refractivity contribution in [2.24, 2.45) is 0 Å². The maximum Gasteiger partial charge on any atom is 0.162 e. The van der Waals surface area contributed by atoms with Gasteiger partial charge >= 0.3 is 0 Å². The number of ketones is 1. The van der Waals surface area contributed by atoms with Gasteiger partial charge < -0.3 is 4.57 Å². The molecule has 0 aliphatic heterocycles. The van der Waals surface area contributed by atoms with E-state index in [9.17, 15) is 4.79 Å². The van der Waals surface area contributed by atoms with Crippen molar-refractivity contribution < 1.29 is 4.79 Å². The molecule has 1 heterocycles. The van der Waals surface area contributed by atoms with Crippen molar-refractivity contribution in [2.45, 2.75) is 80.7 Å². The fourth-order valence-electron chi connectivity index (χ4n) is 4.69. The summed E-state index contributed by atoms with van der Waals surface area (Å²) in [6, 6.07) is 9.12. The van der Waals surface area contributed by atoms with Crippen molar-refractivity contribution in [3.63, 3.8) is 0 Å². The number of aromatic nitrogens is 1. The van der Waals surface area contributed by atoms with Gasteiger partial charge in [0.05, 0.1) is 0 Å². The molecule has 0 bridgehead atoms. The fraction of sp³-hybridized carbons (Fsp3) is 0.444. The first-order valence-electron chi connectivity index (χ1n) is 10.9. The van der Waals surface area contributed by atoms with Gasteiger partial charge in [-0.2, -0.15) is 0 Å². The Hall–Kier alpha value is -2.35. The van der Waals surface area contributed by atoms with E-state index in [2.05, 4.69) is 77.3 Å². The highest BCUT2D eigenvalue weighted by atomic mass is 16.1. The summed E-state index contributed by atoms with van der Waals surface area (Å²) < 4.78 is 2.35. The van der Waals surface area contributed by atoms with E-state index in [0.717, 1.165) is 36.2 Å². The van der Waals surface area contributed by atoms with E-state index in [1.165, 1.54) is 39.1 Å². The molecule has 0 saturated heterocycles. The second-order valence-electron chi connectivity index (χ2n) is 8.83. The first-order valence-corrected chi connectivity index (χ1v) is 10.9. The van der Waals surface area contributed by atoms with Gasteiger partial charge in [0.2, 0.25) is 0 Å². The average molecular weight is 390 g/mol. The van der Waals surface area contributed by atoms with E-state index in [4.69, 9.17) is 0 Å². The van der Waals surface area contributed by atoms with Gasteiger partial charge in [0.25, 0.3) is 0 Å². The zero-order valence-corrected chi connectivity index (χ0v) is 19.4. The standard InChI is InChI=1S/C27H35NO/c1-9-10-13-28-19(6)26(21(8)29)27(20(28)7)24-14-18(5)23-15-22(16(2)3)12-11-17(4)25(23)24/h11-12,14-16H,9-10,13H2,1-8H3. The van der Waals surface area contributed by atoms with Crippen LogP contribution in [-0.4, -0.2) is 10.4 Å². The van der Waals surface area contributed by atoms with E-state index < -0.39 is 0 Å². The van der Waals surface area contributed by atoms with Gasteiger partial charge in [-0.1, -0.05) is 51.5 Å². The summed E-state index contributed by atoms with van der Waals surface area (Å²) >= 11 is 0. The first kappa shape index (κ1) is 21.4. The number of Topliss-reactive ketones (excluding diaryl/α,β-unsaturated/α-hetero) is 1. The van der Waals surface area contributed by atoms with Crippen LogP contribution in [0.3, 0.4) is 0 Å². The minimum absolute atomic E-state index is 0.156. The number of hydrogen-bond donors (Lipinski definition) is 0. The van der Waals surface area contributed by atoms with Crippen LogP contribution >= 0.6 is 0 Å². The average Bonchev–Trinajstić information content (AvgIpc) is 3.01. The van der Waals surface area contributed by atoms with Crippen LogP contribution in [0.15, 0.2) is 24.3 Å². The molecule has 2 aliphatic rings. The molecule has 0 spiro atoms. The van der Waals surface area contributed by atoms with E-state index in [-0.39, 0.29) is 5.78 Å². The lowest BCUT2D eigenvalue weighted by atomic mass is 9.94. The lowest BCUT2D eigenvalue weighted by Gasteiger charge is -2.10. The molecule has 0 radical (unpaired) electrons. The number of nitrogens with zero attached hydrogens (tertiary/aromatic N) is 1. The molecular formula is C27H35NO. The summed E-state index contributed by atoms with van der Waals surface area (Å²) in [6.45, 7) is 18.0. The van der Waals surface area contributed by atoms with Crippen molar-refractivity contribution in [2.75, 3.05) is 0 Å². The highest BCUT2D eigenvalue weighted by molar-refractivity contribution is 6.06. The van der Waals surface area contributed by atoms with Crippen molar-refractivity contribution in [3.05, 3.63) is 57.9 Å². The summed E-state index contributed by atoms with van der Waals surface area (Å²) in [4.78, 5) is 12.7. The van der Waals surface area contributed by atoms with Crippen LogP contribution in [0.25, 0.3) is 22.3 Å². The van der Waals surface area contributed by atoms with E-state index in [1.54, 1.807) is 6.92 Å². The van der Waals surface area contributed by atoms with Crippen LogP contribution < -0.4 is 0 Å². The Morgan fingerprint density at radius 1 is 0.931 bits per heavy atom. The zero-order chi connectivity index (χ0) is 21.5. The molecule has 0 fully saturated rings. The summed E-state index contributed by atoms with van der Waals surface area (Å²) in [6.07, 6.45) is 2.27. The molecular weight excluding hydrogens is 354 g/mol. The van der Waals surface area contributed by atoms with E-state index in [1.807, 2.05) is 0 Å². The number of fused-ring (bicyclic) bond motifs is 1. The molecule has 3 rings (SSSR count). The number of carbonyl (C=O) groups is 1. The molecule has 0 amide bonds. The number of hydrogen-bond acceptors (Lipinski definition) is 1. The monoisotopic (exact) mass is 389 g/mol. The molecule has 154 valence electrons. The summed E-state index contributed by atoms with van der Waals surface area (Å²) in [5.74, 6) is 0.637. The Kier molecular flexibility index (Phi) is 6.03. The van der Waals surface area contributed by atoms with E-state index in [0.29, 0.717) is 5.92 Å². The molecule has 0 saturated carbocycles. The smallest absolute Gasteiger partial charge is 0.162 e. The number of carbonyl (C=O) groups excluding carboxylic acids is 1. The molecule has 2 nitrogen and oxygen atoms in total. The Balaban J connectivity index is 2.35. The molecule has 2 aliphatic carbocycles. The van der Waals surface area contributed by atoms with Crippen molar-refractivity contribution in [1.29, 1.82) is 0 Å². The lowest BCUT2D eigenvalue weighted by molar-refractivity contribution is 0.101. The van der Waals surface area contributed by atoms with Gasteiger partial charge in [-0.25, -0.2) is 0 Å². The van der Waals surface area contributed by atoms with Crippen molar-refractivity contribution in [1.82, 2.24) is 4.57 Å². The zero-order valence-electron chi connectivity index (χ0n) is 19.4. The molecule has 0 atom stereocenters. The third kappa shape index (κ3) is 3.66. The van der Waals surface area contributed by atoms with Gasteiger partial charge in [0.15, 0.2) is 5.78 Å². The maximum absolute atomic E-state index is 12.7. The number of aryl methyl sites for hydroxylation is 2. The molecule has 0 aromatic carbocycles. The first-order chi connectivity index (χ1) is 13.7. The molecule has 0 unspecified atom stereocenters. The molecule has 0 N–H and O–H groups in total. The van der Waals surface area contributed by atoms with Gasteiger partial charge in [0, 0.05) is 29.1 Å². The third-order valence-corrected chi connectivity index (χ3v) is 6.36. The summed E-state index contributed by atoms with van der Waals surface area (Å²) in [5.41, 5.74) is 12.0. The number of rotatable bonds is 6. The van der Waals surface area contributed by atoms with Gasteiger partial charge in [-0.15, -0.1) is 0 Å². The van der Waals surface area contributed by atoms with Crippen LogP contribution in [-0.2, 0) is 6.54 Å². The Morgan fingerprint density at radius 3 is 2.21 bits per heavy atom. The largest absolute Gasteiger partial charge is 0.348 e. The van der Waals surface area contributed by atoms with Crippen LogP contribution in [0.1, 0.15) is 84.9 Å².